The fourth-order valence-electron chi connectivity index (χ4n) is 5.43. The lowest BCUT2D eigenvalue weighted by Crippen LogP contribution is -2.56. The predicted octanol–water partition coefficient (Wildman–Crippen LogP) is 8.23. The Labute approximate surface area is 201 Å². The van der Waals surface area contributed by atoms with E-state index in [1.165, 1.54) is 102 Å². The molecule has 0 aromatic heterocycles. The molecule has 1 heterocycles. The topological polar surface area (TPSA) is 41.1 Å². The van der Waals surface area contributed by atoms with Crippen molar-refractivity contribution in [3.63, 3.8) is 0 Å². The Morgan fingerprint density at radius 1 is 0.719 bits per heavy atom. The Morgan fingerprint density at radius 3 is 1.50 bits per heavy atom. The van der Waals surface area contributed by atoms with Gasteiger partial charge in [-0.1, -0.05) is 109 Å². The van der Waals surface area contributed by atoms with E-state index in [9.17, 15) is 4.79 Å². The molecule has 32 heavy (non-hydrogen) atoms. The van der Waals surface area contributed by atoms with Crippen molar-refractivity contribution in [2.24, 2.45) is 0 Å². The van der Waals surface area contributed by atoms with E-state index in [2.05, 4.69) is 45.3 Å². The highest BCUT2D eigenvalue weighted by molar-refractivity contribution is 5.88. The summed E-state index contributed by atoms with van der Waals surface area (Å²) in [7, 11) is 0. The summed E-state index contributed by atoms with van der Waals surface area (Å²) in [5.74, 6) is 0.0921. The van der Waals surface area contributed by atoms with E-state index in [0.29, 0.717) is 0 Å². The third kappa shape index (κ3) is 15.9. The van der Waals surface area contributed by atoms with E-state index in [1.54, 1.807) is 0 Å². The first-order valence-electron chi connectivity index (χ1n) is 14.0. The summed E-state index contributed by atoms with van der Waals surface area (Å²) in [5, 5.41) is 6.76. The number of unbranched alkanes of at least 4 members (excludes halogenated alkanes) is 15. The molecule has 0 saturated carbocycles. The molecule has 3 nitrogen and oxygen atoms in total. The molecule has 0 bridgehead atoms. The van der Waals surface area contributed by atoms with Crippen molar-refractivity contribution >= 4 is 5.91 Å². The van der Waals surface area contributed by atoms with Crippen LogP contribution in [0.2, 0.25) is 0 Å². The summed E-state index contributed by atoms with van der Waals surface area (Å²) in [5.41, 5.74) is 1.38. The van der Waals surface area contributed by atoms with Crippen LogP contribution in [0.3, 0.4) is 0 Å². The number of rotatable bonds is 18. The highest BCUT2D eigenvalue weighted by Crippen LogP contribution is 2.32. The number of carbonyl (C=O) groups excluding carboxylic acids is 1. The van der Waals surface area contributed by atoms with E-state index in [1.807, 2.05) is 6.08 Å². The number of hydrogen-bond acceptors (Lipinski definition) is 2. The Morgan fingerprint density at radius 2 is 1.09 bits per heavy atom. The quantitative estimate of drug-likeness (QED) is 0.164. The van der Waals surface area contributed by atoms with E-state index in [-0.39, 0.29) is 17.0 Å². The Bertz CT molecular complexity index is 503. The minimum absolute atomic E-state index is 0.0573. The lowest BCUT2D eigenvalue weighted by molar-refractivity contribution is -0.116. The molecule has 1 amide bonds. The van der Waals surface area contributed by atoms with Crippen LogP contribution in [-0.4, -0.2) is 23.5 Å². The number of carbonyl (C=O) groups is 1. The molecule has 1 aliphatic rings. The fourth-order valence-corrected chi connectivity index (χ4v) is 5.43. The summed E-state index contributed by atoms with van der Waals surface area (Å²) in [6.07, 6.45) is 25.8. The molecule has 0 aromatic carbocycles. The molecule has 0 radical (unpaired) electrons. The largest absolute Gasteiger partial charge is 0.353 e. The van der Waals surface area contributed by atoms with Gasteiger partial charge in [0.1, 0.15) is 0 Å². The van der Waals surface area contributed by atoms with Crippen molar-refractivity contribution in [2.75, 3.05) is 6.54 Å². The zero-order chi connectivity index (χ0) is 23.7. The van der Waals surface area contributed by atoms with Crippen LogP contribution in [-0.2, 0) is 4.79 Å². The molecule has 3 heteroatoms. The molecule has 0 unspecified atom stereocenters. The first kappa shape index (κ1) is 29.2. The van der Waals surface area contributed by atoms with Crippen LogP contribution in [0.25, 0.3) is 0 Å². The molecule has 1 fully saturated rings. The second kappa shape index (κ2) is 16.7. The normalized spacial score (nSPS) is 17.3. The van der Waals surface area contributed by atoms with Crippen molar-refractivity contribution in [3.05, 3.63) is 11.6 Å². The maximum Gasteiger partial charge on any atom is 0.243 e. The van der Waals surface area contributed by atoms with Crippen LogP contribution in [0.15, 0.2) is 11.6 Å². The third-order valence-electron chi connectivity index (χ3n) is 6.68. The summed E-state index contributed by atoms with van der Waals surface area (Å²) in [6.45, 7) is 12.0. The Hall–Kier alpha value is -0.830. The van der Waals surface area contributed by atoms with Gasteiger partial charge in [0.05, 0.1) is 0 Å². The van der Waals surface area contributed by atoms with Gasteiger partial charge in [-0.15, -0.1) is 0 Å². The molecule has 2 N–H and O–H groups in total. The fraction of sp³-hybridized carbons (Fsp3) is 0.897. The second-order valence-electron chi connectivity index (χ2n) is 11.6. The van der Waals surface area contributed by atoms with Gasteiger partial charge in [-0.3, -0.25) is 4.79 Å². The van der Waals surface area contributed by atoms with Gasteiger partial charge in [0.15, 0.2) is 0 Å². The van der Waals surface area contributed by atoms with Crippen LogP contribution in [0.1, 0.15) is 150 Å². The summed E-state index contributed by atoms with van der Waals surface area (Å²) in [4.78, 5) is 12.3. The molecule has 0 atom stereocenters. The van der Waals surface area contributed by atoms with Gasteiger partial charge in [-0.05, 0) is 47.0 Å². The monoisotopic (exact) mass is 448 g/mol. The number of piperidine rings is 1. The van der Waals surface area contributed by atoms with Crippen molar-refractivity contribution in [1.29, 1.82) is 0 Å². The summed E-state index contributed by atoms with van der Waals surface area (Å²) in [6, 6.07) is 0. The molecule has 188 valence electrons. The lowest BCUT2D eigenvalue weighted by atomic mass is 9.79. The molecular weight excluding hydrogens is 392 g/mol. The summed E-state index contributed by atoms with van der Waals surface area (Å²) >= 11 is 0. The van der Waals surface area contributed by atoms with Gasteiger partial charge < -0.3 is 10.6 Å². The van der Waals surface area contributed by atoms with Crippen LogP contribution in [0.5, 0.6) is 0 Å². The highest BCUT2D eigenvalue weighted by Gasteiger charge is 2.34. The molecule has 1 aliphatic heterocycles. The number of amides is 1. The molecule has 1 saturated heterocycles. The third-order valence-corrected chi connectivity index (χ3v) is 6.68. The van der Waals surface area contributed by atoms with Gasteiger partial charge in [0.25, 0.3) is 0 Å². The molecular formula is C29H56N2O. The van der Waals surface area contributed by atoms with Crippen LogP contribution in [0.4, 0.5) is 0 Å². The Balaban J connectivity index is 1.91. The van der Waals surface area contributed by atoms with Gasteiger partial charge in [0, 0.05) is 23.7 Å². The van der Waals surface area contributed by atoms with Crippen molar-refractivity contribution < 1.29 is 4.79 Å². The van der Waals surface area contributed by atoms with Gasteiger partial charge in [-0.25, -0.2) is 0 Å². The number of nitrogens with one attached hydrogen (secondary N) is 2. The number of hydrogen-bond donors (Lipinski definition) is 2. The van der Waals surface area contributed by atoms with Gasteiger partial charge >= 0.3 is 0 Å². The van der Waals surface area contributed by atoms with E-state index < -0.39 is 0 Å². The molecule has 0 aromatic rings. The standard InChI is InChI=1S/C29H56N2O/c1-6-7-8-9-10-11-12-13-14-15-16-17-18-19-20-21-22-30-27(32)23-26-24-28(2,3)31-29(4,5)25-26/h23,31H,6-22,24-25H2,1-5H3,(H,30,32). The highest BCUT2D eigenvalue weighted by atomic mass is 16.1. The first-order valence-corrected chi connectivity index (χ1v) is 14.0. The minimum Gasteiger partial charge on any atom is -0.353 e. The van der Waals surface area contributed by atoms with Gasteiger partial charge in [0.2, 0.25) is 5.91 Å². The maximum absolute atomic E-state index is 12.3. The van der Waals surface area contributed by atoms with E-state index in [0.717, 1.165) is 25.8 Å². The van der Waals surface area contributed by atoms with Crippen molar-refractivity contribution in [3.8, 4) is 0 Å². The van der Waals surface area contributed by atoms with Crippen molar-refractivity contribution in [2.45, 2.75) is 161 Å². The SMILES string of the molecule is CCCCCCCCCCCCCCCCCCNC(=O)C=C1CC(C)(C)NC(C)(C)C1. The zero-order valence-electron chi connectivity index (χ0n) is 22.4. The maximum atomic E-state index is 12.3. The molecule has 0 spiro atoms. The lowest BCUT2D eigenvalue weighted by Gasteiger charge is -2.43. The predicted molar refractivity (Wildman–Crippen MR) is 141 cm³/mol. The average Bonchev–Trinajstić information content (AvgIpc) is 2.68. The smallest absolute Gasteiger partial charge is 0.243 e. The zero-order valence-corrected chi connectivity index (χ0v) is 22.4. The van der Waals surface area contributed by atoms with E-state index in [4.69, 9.17) is 0 Å². The average molecular weight is 449 g/mol. The minimum atomic E-state index is 0.0573. The van der Waals surface area contributed by atoms with E-state index >= 15 is 0 Å². The molecule has 1 rings (SSSR count). The van der Waals surface area contributed by atoms with Crippen LogP contribution in [0, 0.1) is 0 Å². The second-order valence-corrected chi connectivity index (χ2v) is 11.6. The molecule has 0 aliphatic carbocycles. The Kier molecular flexibility index (Phi) is 15.3. The van der Waals surface area contributed by atoms with Crippen molar-refractivity contribution in [1.82, 2.24) is 10.6 Å². The summed E-state index contributed by atoms with van der Waals surface area (Å²) < 4.78 is 0. The van der Waals surface area contributed by atoms with Gasteiger partial charge in [-0.2, -0.15) is 0 Å². The van der Waals surface area contributed by atoms with Crippen LogP contribution < -0.4 is 10.6 Å². The van der Waals surface area contributed by atoms with Crippen LogP contribution >= 0.6 is 0 Å². The first-order chi connectivity index (χ1) is 15.2.